The molecule has 2 atom stereocenters. The van der Waals surface area contributed by atoms with Crippen LogP contribution in [0.25, 0.3) is 6.08 Å². The number of amides is 3. The monoisotopic (exact) mass is 474 g/mol. The number of rotatable bonds is 7. The number of hydrogen-bond acceptors (Lipinski definition) is 6. The Bertz CT molecular complexity index is 1230. The van der Waals surface area contributed by atoms with Gasteiger partial charge in [-0.05, 0) is 66.6 Å². The molecule has 2 fully saturated rings. The lowest BCUT2D eigenvalue weighted by molar-refractivity contribution is -0.136. The van der Waals surface area contributed by atoms with E-state index in [4.69, 9.17) is 4.74 Å². The normalized spacial score (nSPS) is 22.2. The van der Waals surface area contributed by atoms with E-state index in [2.05, 4.69) is 40.6 Å². The summed E-state index contributed by atoms with van der Waals surface area (Å²) in [5.41, 5.74) is 4.43. The molecule has 0 aromatic heterocycles. The standard InChI is InChI=1S/C27H28N4O4.H2/c1-3-18-12-17(4-7-23(18)28-2)14-30-11-10-21(16-30)35-20-5-6-22-19(13-20)15-31(27(22)34)24-8-9-25(32)29-26(24)33;/h3-7,12-13,21,24H,1-2,8-11,14-16H2,(H,29,32,33);1H/t21-,24+;/m0./s1. The fourth-order valence-corrected chi connectivity index (χ4v) is 5.12. The first-order valence-electron chi connectivity index (χ1n) is 11.8. The first-order valence-corrected chi connectivity index (χ1v) is 11.8. The predicted octanol–water partition coefficient (Wildman–Crippen LogP) is 3.32. The topological polar surface area (TPSA) is 91.3 Å². The van der Waals surface area contributed by atoms with Crippen LogP contribution in [0.1, 0.15) is 47.7 Å². The van der Waals surface area contributed by atoms with Crippen LogP contribution in [0.5, 0.6) is 5.75 Å². The van der Waals surface area contributed by atoms with Gasteiger partial charge < -0.3 is 9.64 Å². The lowest BCUT2D eigenvalue weighted by Crippen LogP contribution is -2.52. The second-order valence-corrected chi connectivity index (χ2v) is 9.24. The third-order valence-electron chi connectivity index (χ3n) is 6.92. The third-order valence-corrected chi connectivity index (χ3v) is 6.92. The van der Waals surface area contributed by atoms with Crippen molar-refractivity contribution in [2.45, 2.75) is 44.5 Å². The van der Waals surface area contributed by atoms with Crippen molar-refractivity contribution in [2.75, 3.05) is 13.1 Å². The summed E-state index contributed by atoms with van der Waals surface area (Å²) in [6.45, 7) is 10.4. The number of imide groups is 1. The number of nitrogens with zero attached hydrogens (tertiary/aromatic N) is 3. The van der Waals surface area contributed by atoms with Gasteiger partial charge >= 0.3 is 0 Å². The van der Waals surface area contributed by atoms with Crippen molar-refractivity contribution in [3.05, 3.63) is 65.2 Å². The van der Waals surface area contributed by atoms with Crippen molar-refractivity contribution in [2.24, 2.45) is 4.99 Å². The van der Waals surface area contributed by atoms with Crippen LogP contribution in [-0.2, 0) is 22.7 Å². The zero-order valence-electron chi connectivity index (χ0n) is 19.5. The van der Waals surface area contributed by atoms with Gasteiger partial charge in [0.2, 0.25) is 11.8 Å². The van der Waals surface area contributed by atoms with Gasteiger partial charge in [-0.25, -0.2) is 0 Å². The molecule has 8 nitrogen and oxygen atoms in total. The van der Waals surface area contributed by atoms with E-state index in [0.717, 1.165) is 48.6 Å². The fourth-order valence-electron chi connectivity index (χ4n) is 5.12. The third kappa shape index (κ3) is 4.61. The zero-order valence-corrected chi connectivity index (χ0v) is 19.5. The van der Waals surface area contributed by atoms with Gasteiger partial charge in [-0.3, -0.25) is 29.6 Å². The Hall–Kier alpha value is -3.78. The minimum atomic E-state index is -0.613. The van der Waals surface area contributed by atoms with Gasteiger partial charge in [-0.2, -0.15) is 0 Å². The molecule has 0 spiro atoms. The molecule has 0 bridgehead atoms. The highest BCUT2D eigenvalue weighted by Gasteiger charge is 2.39. The molecule has 0 saturated carbocycles. The average molecular weight is 475 g/mol. The Morgan fingerprint density at radius 2 is 2.03 bits per heavy atom. The summed E-state index contributed by atoms with van der Waals surface area (Å²) < 4.78 is 6.27. The zero-order chi connectivity index (χ0) is 24.5. The van der Waals surface area contributed by atoms with Crippen LogP contribution in [0, 0.1) is 0 Å². The highest BCUT2D eigenvalue weighted by molar-refractivity contribution is 6.05. The number of aliphatic imine (C=N–C) groups is 1. The minimum Gasteiger partial charge on any atom is -0.489 e. The van der Waals surface area contributed by atoms with Gasteiger partial charge in [-0.1, -0.05) is 18.7 Å². The predicted molar refractivity (Wildman–Crippen MR) is 135 cm³/mol. The Kier molecular flexibility index (Phi) is 6.21. The van der Waals surface area contributed by atoms with Crippen LogP contribution in [-0.4, -0.2) is 59.5 Å². The summed E-state index contributed by atoms with van der Waals surface area (Å²) in [6.07, 6.45) is 3.37. The maximum atomic E-state index is 12.9. The Balaban J connectivity index is 0.00000304. The average Bonchev–Trinajstić information content (AvgIpc) is 3.42. The van der Waals surface area contributed by atoms with Crippen LogP contribution < -0.4 is 10.1 Å². The largest absolute Gasteiger partial charge is 0.489 e. The number of fused-ring (bicyclic) bond motifs is 1. The van der Waals surface area contributed by atoms with Crippen LogP contribution in [0.3, 0.4) is 0 Å². The SMILES string of the molecule is C=Cc1cc(CN2CC[C@H](Oc3ccc4c(c3)CN([C@@H]3CCC(=O)NC3=O)C4=O)C2)ccc1N=C.[HH]. The first kappa shape index (κ1) is 23.0. The molecule has 0 unspecified atom stereocenters. The van der Waals surface area contributed by atoms with Gasteiger partial charge in [0.25, 0.3) is 5.91 Å². The number of carbonyl (C=O) groups is 3. The van der Waals surface area contributed by atoms with Crippen LogP contribution in [0.15, 0.2) is 48.0 Å². The molecule has 3 heterocycles. The summed E-state index contributed by atoms with van der Waals surface area (Å²) >= 11 is 0. The second kappa shape index (κ2) is 9.46. The first-order chi connectivity index (χ1) is 16.9. The van der Waals surface area contributed by atoms with Gasteiger partial charge in [0.1, 0.15) is 17.9 Å². The lowest BCUT2D eigenvalue weighted by atomic mass is 10.0. The Morgan fingerprint density at radius 1 is 1.17 bits per heavy atom. The molecule has 3 aliphatic rings. The van der Waals surface area contributed by atoms with E-state index in [1.54, 1.807) is 17.0 Å². The van der Waals surface area contributed by atoms with Crippen molar-refractivity contribution in [3.63, 3.8) is 0 Å². The van der Waals surface area contributed by atoms with Crippen LogP contribution in [0.4, 0.5) is 5.69 Å². The van der Waals surface area contributed by atoms with E-state index < -0.39 is 11.9 Å². The number of likely N-dealkylation sites (tertiary alicyclic amines) is 1. The van der Waals surface area contributed by atoms with E-state index in [1.807, 2.05) is 18.2 Å². The number of piperidine rings is 1. The summed E-state index contributed by atoms with van der Waals surface area (Å²) in [5.74, 6) is -0.141. The Labute approximate surface area is 205 Å². The number of benzene rings is 2. The summed E-state index contributed by atoms with van der Waals surface area (Å²) in [5, 5.41) is 2.33. The molecular formula is C27H30N4O4. The van der Waals surface area contributed by atoms with Gasteiger partial charge in [0, 0.05) is 39.6 Å². The molecule has 2 saturated heterocycles. The summed E-state index contributed by atoms with van der Waals surface area (Å²) in [6, 6.07) is 11.0. The fraction of sp³-hybridized carbons (Fsp3) is 0.333. The van der Waals surface area contributed by atoms with E-state index in [-0.39, 0.29) is 25.8 Å². The van der Waals surface area contributed by atoms with Crippen molar-refractivity contribution in [1.29, 1.82) is 0 Å². The molecule has 3 aliphatic heterocycles. The highest BCUT2D eigenvalue weighted by atomic mass is 16.5. The Morgan fingerprint density at radius 3 is 2.80 bits per heavy atom. The highest BCUT2D eigenvalue weighted by Crippen LogP contribution is 2.31. The van der Waals surface area contributed by atoms with Crippen molar-refractivity contribution >= 4 is 36.2 Å². The molecule has 5 rings (SSSR count). The second-order valence-electron chi connectivity index (χ2n) is 9.24. The molecule has 2 aromatic carbocycles. The summed E-state index contributed by atoms with van der Waals surface area (Å²) in [4.78, 5) is 44.5. The quantitative estimate of drug-likeness (QED) is 0.491. The van der Waals surface area contributed by atoms with Crippen LogP contribution >= 0.6 is 0 Å². The number of nitrogens with one attached hydrogen (secondary N) is 1. The van der Waals surface area contributed by atoms with E-state index >= 15 is 0 Å². The van der Waals surface area contributed by atoms with Gasteiger partial charge in [0.15, 0.2) is 0 Å². The molecule has 0 radical (unpaired) electrons. The molecule has 2 aromatic rings. The van der Waals surface area contributed by atoms with Gasteiger partial charge in [-0.15, -0.1) is 0 Å². The molecule has 3 amide bonds. The van der Waals surface area contributed by atoms with E-state index in [0.29, 0.717) is 18.5 Å². The number of ether oxygens (including phenoxy) is 1. The molecule has 35 heavy (non-hydrogen) atoms. The minimum absolute atomic E-state index is 0. The molecule has 182 valence electrons. The van der Waals surface area contributed by atoms with E-state index in [9.17, 15) is 14.4 Å². The van der Waals surface area contributed by atoms with Crippen molar-refractivity contribution in [1.82, 2.24) is 15.1 Å². The van der Waals surface area contributed by atoms with Crippen molar-refractivity contribution < 1.29 is 20.5 Å². The van der Waals surface area contributed by atoms with Crippen LogP contribution in [0.2, 0.25) is 0 Å². The van der Waals surface area contributed by atoms with E-state index in [1.165, 1.54) is 5.56 Å². The lowest BCUT2D eigenvalue weighted by Gasteiger charge is -2.29. The summed E-state index contributed by atoms with van der Waals surface area (Å²) in [7, 11) is 0. The smallest absolute Gasteiger partial charge is 0.255 e. The maximum Gasteiger partial charge on any atom is 0.255 e. The van der Waals surface area contributed by atoms with Gasteiger partial charge in [0.05, 0.1) is 5.69 Å². The number of carbonyl (C=O) groups excluding carboxylic acids is 3. The molecule has 8 heteroatoms. The molecule has 1 N–H and O–H groups in total. The molecular weight excluding hydrogens is 444 g/mol. The number of hydrogen-bond donors (Lipinski definition) is 1. The molecule has 0 aliphatic carbocycles. The maximum absolute atomic E-state index is 12.9. The van der Waals surface area contributed by atoms with Crippen molar-refractivity contribution in [3.8, 4) is 5.75 Å².